The molecular weight excluding hydrogens is 244 g/mol. The van der Waals surface area contributed by atoms with E-state index in [4.69, 9.17) is 11.5 Å². The smallest absolute Gasteiger partial charge is 1.00 e. The molecular formula is C6H8BrCuN2. The van der Waals surface area contributed by atoms with Gasteiger partial charge in [0, 0.05) is 11.4 Å². The minimum Gasteiger partial charge on any atom is -1.00 e. The number of nitrogens with two attached hydrogens (primary N) is 2. The van der Waals surface area contributed by atoms with Crippen LogP contribution < -0.4 is 28.4 Å². The van der Waals surface area contributed by atoms with Crippen molar-refractivity contribution in [2.75, 3.05) is 11.5 Å². The minimum atomic E-state index is 0. The molecule has 0 amide bonds. The van der Waals surface area contributed by atoms with Crippen molar-refractivity contribution in [3.8, 4) is 0 Å². The van der Waals surface area contributed by atoms with Crippen molar-refractivity contribution in [3.63, 3.8) is 0 Å². The Kier molecular flexibility index (Phi) is 6.99. The van der Waals surface area contributed by atoms with Crippen LogP contribution in [0.5, 0.6) is 0 Å². The molecule has 0 aliphatic rings. The molecule has 0 spiro atoms. The summed E-state index contributed by atoms with van der Waals surface area (Å²) in [5.41, 5.74) is 12.2. The quantitative estimate of drug-likeness (QED) is 0.408. The fourth-order valence-electron chi connectivity index (χ4n) is 0.496. The molecule has 0 atom stereocenters. The van der Waals surface area contributed by atoms with Crippen molar-refractivity contribution in [1.29, 1.82) is 0 Å². The third-order valence-corrected chi connectivity index (χ3v) is 0.936. The maximum absolute atomic E-state index is 5.37. The van der Waals surface area contributed by atoms with E-state index in [1.165, 1.54) is 0 Å². The second-order valence-electron chi connectivity index (χ2n) is 1.67. The van der Waals surface area contributed by atoms with E-state index in [9.17, 15) is 0 Å². The molecule has 1 rings (SSSR count). The zero-order valence-electron chi connectivity index (χ0n) is 5.14. The van der Waals surface area contributed by atoms with Gasteiger partial charge < -0.3 is 28.4 Å². The molecule has 10 heavy (non-hydrogen) atoms. The van der Waals surface area contributed by atoms with Crippen LogP contribution in [0.25, 0.3) is 0 Å². The SMILES string of the molecule is Nc1ccc(N)cc1.[Br-].[Cu+]. The van der Waals surface area contributed by atoms with Gasteiger partial charge in [0.05, 0.1) is 0 Å². The monoisotopic (exact) mass is 250 g/mol. The number of halogens is 1. The van der Waals surface area contributed by atoms with E-state index in [1.54, 1.807) is 24.3 Å². The van der Waals surface area contributed by atoms with Crippen molar-refractivity contribution in [3.05, 3.63) is 24.3 Å². The van der Waals surface area contributed by atoms with E-state index < -0.39 is 0 Å². The third-order valence-electron chi connectivity index (χ3n) is 0.936. The summed E-state index contributed by atoms with van der Waals surface area (Å²) in [4.78, 5) is 0. The molecule has 0 saturated carbocycles. The Morgan fingerprint density at radius 3 is 1.20 bits per heavy atom. The largest absolute Gasteiger partial charge is 1.00 e. The normalized spacial score (nSPS) is 7.20. The van der Waals surface area contributed by atoms with Crippen LogP contribution in [0.2, 0.25) is 0 Å². The summed E-state index contributed by atoms with van der Waals surface area (Å²) in [7, 11) is 0. The first-order valence-electron chi connectivity index (χ1n) is 2.40. The van der Waals surface area contributed by atoms with E-state index in [2.05, 4.69) is 0 Å². The maximum atomic E-state index is 5.37. The van der Waals surface area contributed by atoms with Gasteiger partial charge in [-0.1, -0.05) is 0 Å². The standard InChI is InChI=1S/C6H8N2.BrH.Cu/c7-5-1-2-6(8)4-3-5;;/h1-4H,7-8H2;1H;/q;;+1/p-1. The number of hydrogen-bond acceptors (Lipinski definition) is 2. The summed E-state index contributed by atoms with van der Waals surface area (Å²) in [5, 5.41) is 0. The molecule has 0 heterocycles. The fraction of sp³-hybridized carbons (Fsp3) is 0. The molecule has 0 radical (unpaired) electrons. The van der Waals surface area contributed by atoms with Gasteiger partial charge in [-0.05, 0) is 24.3 Å². The van der Waals surface area contributed by atoms with Crippen molar-refractivity contribution in [1.82, 2.24) is 0 Å². The van der Waals surface area contributed by atoms with Crippen LogP contribution in [0.4, 0.5) is 11.4 Å². The summed E-state index contributed by atoms with van der Waals surface area (Å²) in [5.74, 6) is 0. The molecule has 4 heteroatoms. The molecule has 1 aromatic carbocycles. The zero-order valence-corrected chi connectivity index (χ0v) is 7.67. The Hall–Kier alpha value is -0.181. The van der Waals surface area contributed by atoms with Gasteiger partial charge in [0.25, 0.3) is 0 Å². The third kappa shape index (κ3) is 3.77. The molecule has 0 bridgehead atoms. The van der Waals surface area contributed by atoms with Crippen LogP contribution in [-0.2, 0) is 17.1 Å². The second kappa shape index (κ2) is 5.59. The van der Waals surface area contributed by atoms with Crippen LogP contribution in [-0.4, -0.2) is 0 Å². The molecule has 0 saturated heterocycles. The van der Waals surface area contributed by atoms with Crippen molar-refractivity contribution in [2.45, 2.75) is 0 Å². The average Bonchev–Trinajstić information content (AvgIpc) is 1.77. The number of hydrogen-bond donors (Lipinski definition) is 2. The van der Waals surface area contributed by atoms with Gasteiger partial charge >= 0.3 is 17.1 Å². The van der Waals surface area contributed by atoms with Crippen LogP contribution in [0.15, 0.2) is 24.3 Å². The summed E-state index contributed by atoms with van der Waals surface area (Å²) in [6.07, 6.45) is 0. The summed E-state index contributed by atoms with van der Waals surface area (Å²) < 4.78 is 0. The number of rotatable bonds is 0. The molecule has 60 valence electrons. The maximum Gasteiger partial charge on any atom is 1.00 e. The first-order valence-corrected chi connectivity index (χ1v) is 2.40. The fourth-order valence-corrected chi connectivity index (χ4v) is 0.496. The molecule has 0 unspecified atom stereocenters. The Morgan fingerprint density at radius 1 is 0.800 bits per heavy atom. The molecule has 0 fully saturated rings. The van der Waals surface area contributed by atoms with Crippen molar-refractivity contribution >= 4 is 11.4 Å². The van der Waals surface area contributed by atoms with E-state index in [1.807, 2.05) is 0 Å². The Balaban J connectivity index is 0. The predicted molar refractivity (Wildman–Crippen MR) is 35.3 cm³/mol. The first kappa shape index (κ1) is 12.5. The molecule has 1 aromatic rings. The van der Waals surface area contributed by atoms with Gasteiger partial charge in [0.2, 0.25) is 0 Å². The number of anilines is 2. The number of benzene rings is 1. The van der Waals surface area contributed by atoms with Crippen molar-refractivity contribution < 1.29 is 34.1 Å². The van der Waals surface area contributed by atoms with Crippen LogP contribution in [0, 0.1) is 0 Å². The van der Waals surface area contributed by atoms with Crippen LogP contribution in [0.3, 0.4) is 0 Å². The van der Waals surface area contributed by atoms with Gasteiger partial charge in [-0.25, -0.2) is 0 Å². The van der Waals surface area contributed by atoms with E-state index >= 15 is 0 Å². The summed E-state index contributed by atoms with van der Waals surface area (Å²) in [6.45, 7) is 0. The number of nitrogen functional groups attached to an aromatic ring is 2. The van der Waals surface area contributed by atoms with Crippen LogP contribution >= 0.6 is 0 Å². The molecule has 4 N–H and O–H groups in total. The van der Waals surface area contributed by atoms with Crippen molar-refractivity contribution in [2.24, 2.45) is 0 Å². The van der Waals surface area contributed by atoms with E-state index in [-0.39, 0.29) is 34.1 Å². The van der Waals surface area contributed by atoms with Crippen LogP contribution in [0.1, 0.15) is 0 Å². The van der Waals surface area contributed by atoms with E-state index in [0.717, 1.165) is 11.4 Å². The van der Waals surface area contributed by atoms with Gasteiger partial charge in [0.1, 0.15) is 0 Å². The second-order valence-corrected chi connectivity index (χ2v) is 1.67. The summed E-state index contributed by atoms with van der Waals surface area (Å²) >= 11 is 0. The average molecular weight is 252 g/mol. The van der Waals surface area contributed by atoms with Gasteiger partial charge in [0.15, 0.2) is 0 Å². The topological polar surface area (TPSA) is 52.0 Å². The predicted octanol–water partition coefficient (Wildman–Crippen LogP) is -2.15. The Morgan fingerprint density at radius 2 is 1.00 bits per heavy atom. The van der Waals surface area contributed by atoms with Gasteiger partial charge in [-0.3, -0.25) is 0 Å². The minimum absolute atomic E-state index is 0. The van der Waals surface area contributed by atoms with Gasteiger partial charge in [-0.2, -0.15) is 0 Å². The van der Waals surface area contributed by atoms with Gasteiger partial charge in [-0.15, -0.1) is 0 Å². The molecule has 0 aromatic heterocycles. The van der Waals surface area contributed by atoms with E-state index in [0.29, 0.717) is 0 Å². The Labute approximate surface area is 81.2 Å². The Bertz CT molecular complexity index is 155. The molecule has 2 nitrogen and oxygen atoms in total. The first-order chi connectivity index (χ1) is 3.79. The summed E-state index contributed by atoms with van der Waals surface area (Å²) in [6, 6.07) is 7.09. The molecule has 0 aliphatic carbocycles. The zero-order chi connectivity index (χ0) is 5.98. The molecule has 0 aliphatic heterocycles.